The van der Waals surface area contributed by atoms with Gasteiger partial charge in [-0.1, -0.05) is 12.2 Å². The first-order chi connectivity index (χ1) is 4.66. The molecule has 0 fully saturated rings. The number of hydrogen-bond acceptors (Lipinski definition) is 2. The molecule has 0 aliphatic heterocycles. The number of nitrogens with two attached hydrogens (primary N) is 1. The van der Waals surface area contributed by atoms with E-state index < -0.39 is 0 Å². The van der Waals surface area contributed by atoms with Crippen LogP contribution in [0.1, 0.15) is 19.8 Å². The van der Waals surface area contributed by atoms with E-state index in [4.69, 9.17) is 5.73 Å². The average Bonchev–Trinajstić information content (AvgIpc) is 1.85. The maximum atomic E-state index is 10.7. The van der Waals surface area contributed by atoms with Crippen LogP contribution in [0.2, 0.25) is 0 Å². The van der Waals surface area contributed by atoms with Crippen molar-refractivity contribution in [3.8, 4) is 0 Å². The predicted molar refractivity (Wildman–Crippen MR) is 44.7 cm³/mol. The summed E-state index contributed by atoms with van der Waals surface area (Å²) in [5, 5.41) is 2.65. The fourth-order valence-electron chi connectivity index (χ4n) is 0.522. The Hall–Kier alpha value is -0.640. The van der Waals surface area contributed by atoms with Crippen molar-refractivity contribution in [3.63, 3.8) is 0 Å². The second kappa shape index (κ2) is 5.17. The van der Waals surface area contributed by atoms with E-state index in [2.05, 4.69) is 17.5 Å². The normalized spacial score (nSPS) is 8.90. The Labute approximate surface area is 66.0 Å². The Morgan fingerprint density at radius 2 is 2.20 bits per heavy atom. The summed E-state index contributed by atoms with van der Waals surface area (Å²) in [6, 6.07) is 0. The fraction of sp³-hybridized carbons (Fsp3) is 0.667. The Morgan fingerprint density at radius 1 is 1.60 bits per heavy atom. The molecule has 0 heterocycles. The van der Waals surface area contributed by atoms with Crippen LogP contribution < -0.4 is 11.1 Å². The lowest BCUT2D eigenvalue weighted by atomic mass is 10.3. The van der Waals surface area contributed by atoms with Gasteiger partial charge in [0.25, 0.3) is 0 Å². The van der Waals surface area contributed by atoms with Crippen LogP contribution in [0.25, 0.3) is 0 Å². The molecule has 58 valence electrons. The lowest BCUT2D eigenvalue weighted by Crippen LogP contribution is -2.23. The van der Waals surface area contributed by atoms with Crippen molar-refractivity contribution in [3.05, 3.63) is 0 Å². The molecule has 0 saturated heterocycles. The van der Waals surface area contributed by atoms with Crippen molar-refractivity contribution < 1.29 is 4.79 Å². The van der Waals surface area contributed by atoms with Gasteiger partial charge in [0.2, 0.25) is 5.91 Å². The summed E-state index contributed by atoms with van der Waals surface area (Å²) < 4.78 is 0. The maximum absolute atomic E-state index is 10.7. The standard InChI is InChI=1S/C6H12N2OS/c1-2-8-6(9)4-3-5(7)10/h2-4H2,1H3,(H2,7,10)(H,8,9). The molecule has 0 rings (SSSR count). The number of carbonyl (C=O) groups excluding carboxylic acids is 1. The largest absolute Gasteiger partial charge is 0.393 e. The van der Waals surface area contributed by atoms with Gasteiger partial charge in [-0.15, -0.1) is 0 Å². The van der Waals surface area contributed by atoms with Gasteiger partial charge < -0.3 is 11.1 Å². The van der Waals surface area contributed by atoms with Crippen LogP contribution in [-0.4, -0.2) is 17.4 Å². The van der Waals surface area contributed by atoms with Gasteiger partial charge in [0, 0.05) is 19.4 Å². The molecule has 3 N–H and O–H groups in total. The highest BCUT2D eigenvalue weighted by Gasteiger charge is 1.98. The van der Waals surface area contributed by atoms with E-state index in [0.717, 1.165) is 0 Å². The molecule has 0 atom stereocenters. The molecule has 3 nitrogen and oxygen atoms in total. The zero-order valence-electron chi connectivity index (χ0n) is 6.02. The molecule has 0 aliphatic rings. The topological polar surface area (TPSA) is 55.1 Å². The summed E-state index contributed by atoms with van der Waals surface area (Å²) in [4.78, 5) is 11.1. The highest BCUT2D eigenvalue weighted by molar-refractivity contribution is 7.80. The van der Waals surface area contributed by atoms with Gasteiger partial charge in [-0.2, -0.15) is 0 Å². The number of amides is 1. The highest BCUT2D eigenvalue weighted by Crippen LogP contribution is 1.87. The van der Waals surface area contributed by atoms with E-state index in [1.807, 2.05) is 6.92 Å². The van der Waals surface area contributed by atoms with Crippen LogP contribution in [0.4, 0.5) is 0 Å². The van der Waals surface area contributed by atoms with E-state index in [9.17, 15) is 4.79 Å². The zero-order chi connectivity index (χ0) is 7.98. The van der Waals surface area contributed by atoms with Crippen molar-refractivity contribution in [2.24, 2.45) is 5.73 Å². The minimum Gasteiger partial charge on any atom is -0.393 e. The first-order valence-corrected chi connectivity index (χ1v) is 3.62. The van der Waals surface area contributed by atoms with Gasteiger partial charge >= 0.3 is 0 Å². The van der Waals surface area contributed by atoms with Crippen LogP contribution in [0, 0.1) is 0 Å². The van der Waals surface area contributed by atoms with E-state index in [1.165, 1.54) is 0 Å². The number of hydrogen-bond donors (Lipinski definition) is 2. The van der Waals surface area contributed by atoms with Crippen molar-refractivity contribution in [2.75, 3.05) is 6.54 Å². The molecule has 0 aromatic carbocycles. The lowest BCUT2D eigenvalue weighted by molar-refractivity contribution is -0.120. The van der Waals surface area contributed by atoms with Crippen LogP contribution in [0.5, 0.6) is 0 Å². The smallest absolute Gasteiger partial charge is 0.220 e. The van der Waals surface area contributed by atoms with Crippen LogP contribution in [0.15, 0.2) is 0 Å². The summed E-state index contributed by atoms with van der Waals surface area (Å²) in [5.74, 6) is 0.00954. The number of rotatable bonds is 4. The Morgan fingerprint density at radius 3 is 2.60 bits per heavy atom. The van der Waals surface area contributed by atoms with E-state index in [1.54, 1.807) is 0 Å². The molecule has 0 aromatic heterocycles. The van der Waals surface area contributed by atoms with Crippen molar-refractivity contribution in [1.29, 1.82) is 0 Å². The van der Waals surface area contributed by atoms with Crippen molar-refractivity contribution >= 4 is 23.1 Å². The molecular formula is C6H12N2OS. The SMILES string of the molecule is CCNC(=O)CCC(N)=S. The van der Waals surface area contributed by atoms with Crippen molar-refractivity contribution in [2.45, 2.75) is 19.8 Å². The van der Waals surface area contributed by atoms with Gasteiger partial charge in [-0.25, -0.2) is 0 Å². The second-order valence-corrected chi connectivity index (χ2v) is 2.44. The Bertz CT molecular complexity index is 136. The Kier molecular flexibility index (Phi) is 4.84. The van der Waals surface area contributed by atoms with Crippen molar-refractivity contribution in [1.82, 2.24) is 5.32 Å². The fourth-order valence-corrected chi connectivity index (χ4v) is 0.624. The molecule has 4 heteroatoms. The monoisotopic (exact) mass is 160 g/mol. The third-order valence-electron chi connectivity index (χ3n) is 0.972. The third-order valence-corrected chi connectivity index (χ3v) is 1.18. The molecule has 0 bridgehead atoms. The number of nitrogens with one attached hydrogen (secondary N) is 1. The average molecular weight is 160 g/mol. The third kappa shape index (κ3) is 5.50. The Balaban J connectivity index is 3.30. The van der Waals surface area contributed by atoms with E-state index in [0.29, 0.717) is 24.4 Å². The molecule has 0 aromatic rings. The maximum Gasteiger partial charge on any atom is 0.220 e. The summed E-state index contributed by atoms with van der Waals surface area (Å²) >= 11 is 4.60. The van der Waals surface area contributed by atoms with Gasteiger partial charge in [0.15, 0.2) is 0 Å². The first-order valence-electron chi connectivity index (χ1n) is 3.21. The van der Waals surface area contributed by atoms with Crippen LogP contribution in [-0.2, 0) is 4.79 Å². The molecule has 0 saturated carbocycles. The molecule has 10 heavy (non-hydrogen) atoms. The van der Waals surface area contributed by atoms with E-state index >= 15 is 0 Å². The summed E-state index contributed by atoms with van der Waals surface area (Å²) in [6.07, 6.45) is 0.907. The van der Waals surface area contributed by atoms with E-state index in [-0.39, 0.29) is 5.91 Å². The number of thiocarbonyl (C=S) groups is 1. The lowest BCUT2D eigenvalue weighted by Gasteiger charge is -1.99. The molecule has 1 amide bonds. The summed E-state index contributed by atoms with van der Waals surface area (Å²) in [6.45, 7) is 2.54. The van der Waals surface area contributed by atoms with Crippen LogP contribution >= 0.6 is 12.2 Å². The quantitative estimate of drug-likeness (QED) is 0.577. The molecule has 0 unspecified atom stereocenters. The number of carbonyl (C=O) groups is 1. The minimum absolute atomic E-state index is 0.00954. The summed E-state index contributed by atoms with van der Waals surface area (Å²) in [7, 11) is 0. The van der Waals surface area contributed by atoms with Gasteiger partial charge in [-0.05, 0) is 6.92 Å². The zero-order valence-corrected chi connectivity index (χ0v) is 6.83. The second-order valence-electron chi connectivity index (χ2n) is 1.92. The van der Waals surface area contributed by atoms with Gasteiger partial charge in [0.05, 0.1) is 4.99 Å². The molecule has 0 aliphatic carbocycles. The molecular weight excluding hydrogens is 148 g/mol. The van der Waals surface area contributed by atoms with Gasteiger partial charge in [-0.3, -0.25) is 4.79 Å². The first kappa shape index (κ1) is 9.36. The molecule has 0 radical (unpaired) electrons. The molecule has 0 spiro atoms. The summed E-state index contributed by atoms with van der Waals surface area (Å²) in [5.41, 5.74) is 5.19. The van der Waals surface area contributed by atoms with Gasteiger partial charge in [0.1, 0.15) is 0 Å². The minimum atomic E-state index is 0.00954. The predicted octanol–water partition coefficient (Wildman–Crippen LogP) is 0.189. The highest BCUT2D eigenvalue weighted by atomic mass is 32.1. The van der Waals surface area contributed by atoms with Crippen LogP contribution in [0.3, 0.4) is 0 Å².